The topological polar surface area (TPSA) is 52.3 Å². The Balaban J connectivity index is 2.33. The summed E-state index contributed by atoms with van der Waals surface area (Å²) in [6.07, 6.45) is -3.24. The molecule has 0 radical (unpaired) electrons. The van der Waals surface area contributed by atoms with Gasteiger partial charge in [0.1, 0.15) is 5.56 Å². The van der Waals surface area contributed by atoms with Crippen LogP contribution in [-0.2, 0) is 10.9 Å². The molecule has 1 heterocycles. The fourth-order valence-electron chi connectivity index (χ4n) is 1.61. The van der Waals surface area contributed by atoms with Crippen LogP contribution < -0.4 is 0 Å². The van der Waals surface area contributed by atoms with Crippen molar-refractivity contribution >= 4 is 5.97 Å². The summed E-state index contributed by atoms with van der Waals surface area (Å²) < 4.78 is 47.1. The molecule has 1 aromatic carbocycles. The standard InChI is InChI=1S/C13H10F3NO3/c1-2-19-12(18)10-7-17-20-11(10)8-3-5-9(6-4-8)13(14,15)16/h3-7H,2H2,1H3. The second kappa shape index (κ2) is 5.36. The minimum Gasteiger partial charge on any atom is -0.462 e. The number of carbonyl (C=O) groups excluding carboxylic acids is 1. The van der Waals surface area contributed by atoms with Crippen LogP contribution in [0, 0.1) is 0 Å². The van der Waals surface area contributed by atoms with Crippen LogP contribution in [0.4, 0.5) is 13.2 Å². The van der Waals surface area contributed by atoms with E-state index in [9.17, 15) is 18.0 Å². The Bertz CT molecular complexity index is 602. The highest BCUT2D eigenvalue weighted by Crippen LogP contribution is 2.31. The van der Waals surface area contributed by atoms with Crippen LogP contribution >= 0.6 is 0 Å². The summed E-state index contributed by atoms with van der Waals surface area (Å²) in [5.41, 5.74) is -0.386. The molecule has 106 valence electrons. The maximum Gasteiger partial charge on any atom is 0.416 e. The lowest BCUT2D eigenvalue weighted by atomic mass is 10.1. The zero-order valence-electron chi connectivity index (χ0n) is 10.4. The number of hydrogen-bond donors (Lipinski definition) is 0. The number of benzene rings is 1. The molecule has 0 N–H and O–H groups in total. The molecule has 0 bridgehead atoms. The molecule has 0 atom stereocenters. The summed E-state index contributed by atoms with van der Waals surface area (Å²) in [7, 11) is 0. The molecule has 2 aromatic rings. The third-order valence-electron chi connectivity index (χ3n) is 2.54. The molecule has 0 spiro atoms. The van der Waals surface area contributed by atoms with Crippen molar-refractivity contribution in [3.8, 4) is 11.3 Å². The van der Waals surface area contributed by atoms with Gasteiger partial charge in [0.05, 0.1) is 18.4 Å². The van der Waals surface area contributed by atoms with Gasteiger partial charge in [0.25, 0.3) is 0 Å². The van der Waals surface area contributed by atoms with Crippen LogP contribution in [0.15, 0.2) is 35.0 Å². The number of carbonyl (C=O) groups is 1. The van der Waals surface area contributed by atoms with E-state index in [1.165, 1.54) is 18.3 Å². The summed E-state index contributed by atoms with van der Waals surface area (Å²) in [5.74, 6) is -0.555. The average Bonchev–Trinajstić information content (AvgIpc) is 2.87. The van der Waals surface area contributed by atoms with E-state index >= 15 is 0 Å². The first-order chi connectivity index (χ1) is 9.43. The van der Waals surface area contributed by atoms with Gasteiger partial charge in [0.15, 0.2) is 5.76 Å². The van der Waals surface area contributed by atoms with E-state index in [-0.39, 0.29) is 17.9 Å². The van der Waals surface area contributed by atoms with E-state index in [4.69, 9.17) is 9.26 Å². The highest BCUT2D eigenvalue weighted by atomic mass is 19.4. The van der Waals surface area contributed by atoms with Gasteiger partial charge in [-0.3, -0.25) is 0 Å². The molecule has 0 saturated carbocycles. The summed E-state index contributed by atoms with van der Waals surface area (Å²) in [6, 6.07) is 4.25. The Hall–Kier alpha value is -2.31. The molecule has 0 saturated heterocycles. The SMILES string of the molecule is CCOC(=O)c1cnoc1-c1ccc(C(F)(F)F)cc1. The van der Waals surface area contributed by atoms with Crippen molar-refractivity contribution in [1.29, 1.82) is 0 Å². The van der Waals surface area contributed by atoms with Gasteiger partial charge in [-0.05, 0) is 19.1 Å². The van der Waals surface area contributed by atoms with Gasteiger partial charge in [-0.15, -0.1) is 0 Å². The Morgan fingerprint density at radius 3 is 2.50 bits per heavy atom. The molecular formula is C13H10F3NO3. The van der Waals surface area contributed by atoms with Crippen molar-refractivity contribution in [3.63, 3.8) is 0 Å². The Kier molecular flexibility index (Phi) is 3.78. The minimum atomic E-state index is -4.41. The molecule has 0 aliphatic heterocycles. The van der Waals surface area contributed by atoms with Crippen LogP contribution in [-0.4, -0.2) is 17.7 Å². The second-order valence-electron chi connectivity index (χ2n) is 3.86. The van der Waals surface area contributed by atoms with Crippen molar-refractivity contribution in [3.05, 3.63) is 41.6 Å². The number of halogens is 3. The van der Waals surface area contributed by atoms with Crippen molar-refractivity contribution < 1.29 is 27.2 Å². The van der Waals surface area contributed by atoms with Crippen LogP contribution in [0.1, 0.15) is 22.8 Å². The van der Waals surface area contributed by atoms with Gasteiger partial charge in [-0.2, -0.15) is 13.2 Å². The number of nitrogens with zero attached hydrogens (tertiary/aromatic N) is 1. The summed E-state index contributed by atoms with van der Waals surface area (Å²) >= 11 is 0. The molecule has 0 fully saturated rings. The number of rotatable bonds is 3. The predicted molar refractivity (Wildman–Crippen MR) is 62.9 cm³/mol. The van der Waals surface area contributed by atoms with Gasteiger partial charge < -0.3 is 9.26 Å². The summed E-state index contributed by atoms with van der Waals surface area (Å²) in [6.45, 7) is 1.82. The lowest BCUT2D eigenvalue weighted by molar-refractivity contribution is -0.137. The number of aromatic nitrogens is 1. The van der Waals surface area contributed by atoms with Crippen LogP contribution in [0.25, 0.3) is 11.3 Å². The first-order valence-corrected chi connectivity index (χ1v) is 5.73. The zero-order chi connectivity index (χ0) is 14.8. The van der Waals surface area contributed by atoms with Crippen LogP contribution in [0.3, 0.4) is 0 Å². The van der Waals surface area contributed by atoms with Crippen molar-refractivity contribution in [2.24, 2.45) is 0 Å². The zero-order valence-corrected chi connectivity index (χ0v) is 10.4. The molecule has 0 aliphatic rings. The maximum absolute atomic E-state index is 12.5. The van der Waals surface area contributed by atoms with Crippen LogP contribution in [0.5, 0.6) is 0 Å². The van der Waals surface area contributed by atoms with E-state index in [0.717, 1.165) is 12.1 Å². The van der Waals surface area contributed by atoms with E-state index < -0.39 is 17.7 Å². The van der Waals surface area contributed by atoms with Gasteiger partial charge in [0.2, 0.25) is 0 Å². The monoisotopic (exact) mass is 285 g/mol. The normalized spacial score (nSPS) is 11.4. The third kappa shape index (κ3) is 2.81. The van der Waals surface area contributed by atoms with Gasteiger partial charge in [-0.1, -0.05) is 17.3 Å². The molecule has 0 amide bonds. The number of ether oxygens (including phenoxy) is 1. The summed E-state index contributed by atoms with van der Waals surface area (Å²) in [4.78, 5) is 11.6. The van der Waals surface area contributed by atoms with Crippen molar-refractivity contribution in [2.75, 3.05) is 6.61 Å². The molecule has 0 unspecified atom stereocenters. The summed E-state index contributed by atoms with van der Waals surface area (Å²) in [5, 5.41) is 3.47. The quantitative estimate of drug-likeness (QED) is 0.809. The number of esters is 1. The fraction of sp³-hybridized carbons (Fsp3) is 0.231. The number of alkyl halides is 3. The Morgan fingerprint density at radius 2 is 1.95 bits per heavy atom. The molecule has 20 heavy (non-hydrogen) atoms. The highest BCUT2D eigenvalue weighted by molar-refractivity contribution is 5.95. The molecule has 7 heteroatoms. The number of hydrogen-bond acceptors (Lipinski definition) is 4. The lowest BCUT2D eigenvalue weighted by Gasteiger charge is -2.07. The predicted octanol–water partition coefficient (Wildman–Crippen LogP) is 3.54. The van der Waals surface area contributed by atoms with Gasteiger partial charge in [0, 0.05) is 5.56 Å². The Labute approximate surface area is 112 Å². The van der Waals surface area contributed by atoms with Crippen molar-refractivity contribution in [1.82, 2.24) is 5.16 Å². The first kappa shape index (κ1) is 14.1. The van der Waals surface area contributed by atoms with Crippen LogP contribution in [0.2, 0.25) is 0 Å². The van der Waals surface area contributed by atoms with E-state index in [0.29, 0.717) is 5.56 Å². The first-order valence-electron chi connectivity index (χ1n) is 5.73. The third-order valence-corrected chi connectivity index (χ3v) is 2.54. The molecule has 2 rings (SSSR count). The lowest BCUT2D eigenvalue weighted by Crippen LogP contribution is -2.05. The second-order valence-corrected chi connectivity index (χ2v) is 3.86. The Morgan fingerprint density at radius 1 is 1.30 bits per heavy atom. The minimum absolute atomic E-state index is 0.0756. The largest absolute Gasteiger partial charge is 0.462 e. The fourth-order valence-corrected chi connectivity index (χ4v) is 1.61. The van der Waals surface area contributed by atoms with E-state index in [1.54, 1.807) is 6.92 Å². The highest BCUT2D eigenvalue weighted by Gasteiger charge is 2.30. The van der Waals surface area contributed by atoms with E-state index in [2.05, 4.69) is 5.16 Å². The van der Waals surface area contributed by atoms with Crippen molar-refractivity contribution in [2.45, 2.75) is 13.1 Å². The van der Waals surface area contributed by atoms with Gasteiger partial charge >= 0.3 is 12.1 Å². The molecule has 0 aliphatic carbocycles. The molecule has 4 nitrogen and oxygen atoms in total. The maximum atomic E-state index is 12.5. The smallest absolute Gasteiger partial charge is 0.416 e. The molecular weight excluding hydrogens is 275 g/mol. The van der Waals surface area contributed by atoms with E-state index in [1.807, 2.05) is 0 Å². The average molecular weight is 285 g/mol. The van der Waals surface area contributed by atoms with Gasteiger partial charge in [-0.25, -0.2) is 4.79 Å². The molecule has 1 aromatic heterocycles.